The molecule has 0 fully saturated rings. The number of thioether (sulfide) groups is 1. The summed E-state index contributed by atoms with van der Waals surface area (Å²) in [7, 11) is 0. The lowest BCUT2D eigenvalue weighted by atomic mass is 10.2. The van der Waals surface area contributed by atoms with Crippen LogP contribution in [-0.2, 0) is 4.74 Å². The quantitative estimate of drug-likeness (QED) is 0.396. The number of esters is 1. The zero-order valence-corrected chi connectivity index (χ0v) is 12.8. The van der Waals surface area contributed by atoms with E-state index < -0.39 is 0 Å². The smallest absolute Gasteiger partial charge is 0.338 e. The van der Waals surface area contributed by atoms with Gasteiger partial charge in [-0.05, 0) is 30.7 Å². The van der Waals surface area contributed by atoms with Crippen molar-refractivity contribution in [3.63, 3.8) is 0 Å². The van der Waals surface area contributed by atoms with Crippen LogP contribution in [0.3, 0.4) is 0 Å². The van der Waals surface area contributed by atoms with Crippen LogP contribution in [0.1, 0.15) is 16.8 Å². The number of ether oxygens (including phenoxy) is 1. The lowest BCUT2D eigenvalue weighted by Gasteiger charge is -2.06. The van der Waals surface area contributed by atoms with Gasteiger partial charge in [-0.2, -0.15) is 0 Å². The van der Waals surface area contributed by atoms with Crippen LogP contribution in [0, 0.1) is 0 Å². The largest absolute Gasteiger partial charge is 0.462 e. The zero-order valence-electron chi connectivity index (χ0n) is 12.0. The molecule has 0 aliphatic heterocycles. The Morgan fingerprint density at radius 3 is 2.86 bits per heavy atom. The van der Waals surface area contributed by atoms with Crippen molar-refractivity contribution in [2.75, 3.05) is 12.4 Å². The molecule has 4 nitrogen and oxygen atoms in total. The third-order valence-corrected chi connectivity index (χ3v) is 4.29. The molecule has 0 aliphatic rings. The van der Waals surface area contributed by atoms with Crippen LogP contribution in [0.4, 0.5) is 0 Å². The Morgan fingerprint density at radius 2 is 2.00 bits per heavy atom. The summed E-state index contributed by atoms with van der Waals surface area (Å²) < 4.78 is 7.32. The first kappa shape index (κ1) is 14.7. The summed E-state index contributed by atoms with van der Waals surface area (Å²) >= 11 is 1.73. The second-order valence-corrected chi connectivity index (χ2v) is 5.84. The van der Waals surface area contributed by atoms with Crippen molar-refractivity contribution in [1.82, 2.24) is 9.38 Å². The van der Waals surface area contributed by atoms with Gasteiger partial charge < -0.3 is 4.74 Å². The Bertz CT molecular complexity index is 755. The van der Waals surface area contributed by atoms with Crippen LogP contribution in [0.5, 0.6) is 0 Å². The Labute approximate surface area is 133 Å². The van der Waals surface area contributed by atoms with E-state index in [2.05, 4.69) is 15.5 Å². The molecule has 0 spiro atoms. The maximum atomic E-state index is 11.8. The number of hydrogen-bond acceptors (Lipinski definition) is 4. The highest BCUT2D eigenvalue weighted by Gasteiger charge is 2.06. The highest BCUT2D eigenvalue weighted by Crippen LogP contribution is 2.19. The van der Waals surface area contributed by atoms with Crippen molar-refractivity contribution in [3.8, 4) is 0 Å². The van der Waals surface area contributed by atoms with E-state index in [0.717, 1.165) is 22.8 Å². The molecule has 1 aromatic carbocycles. The number of benzene rings is 1. The number of rotatable bonds is 6. The van der Waals surface area contributed by atoms with Gasteiger partial charge in [0.05, 0.1) is 17.2 Å². The fourth-order valence-electron chi connectivity index (χ4n) is 2.10. The van der Waals surface area contributed by atoms with E-state index in [0.29, 0.717) is 12.2 Å². The van der Waals surface area contributed by atoms with E-state index in [1.807, 2.05) is 36.5 Å². The second kappa shape index (κ2) is 7.13. The topological polar surface area (TPSA) is 43.6 Å². The van der Waals surface area contributed by atoms with E-state index in [1.165, 1.54) is 0 Å². The van der Waals surface area contributed by atoms with Crippen molar-refractivity contribution < 1.29 is 9.53 Å². The minimum Gasteiger partial charge on any atom is -0.462 e. The van der Waals surface area contributed by atoms with E-state index in [-0.39, 0.29) is 5.97 Å². The van der Waals surface area contributed by atoms with Gasteiger partial charge in [0.2, 0.25) is 0 Å². The predicted octanol–water partition coefficient (Wildman–Crippen LogP) is 3.67. The Morgan fingerprint density at radius 1 is 1.14 bits per heavy atom. The number of carbonyl (C=O) groups is 1. The summed E-state index contributed by atoms with van der Waals surface area (Å²) in [5.74, 6) is 0.627. The summed E-state index contributed by atoms with van der Waals surface area (Å²) in [5.41, 5.74) is 1.54. The number of fused-ring (bicyclic) bond motifs is 1. The molecular formula is C17H16N2O2S. The van der Waals surface area contributed by atoms with Crippen molar-refractivity contribution in [1.29, 1.82) is 0 Å². The van der Waals surface area contributed by atoms with Crippen LogP contribution in [0.2, 0.25) is 0 Å². The number of hydrogen-bond donors (Lipinski definition) is 0. The van der Waals surface area contributed by atoms with Gasteiger partial charge in [0.1, 0.15) is 5.65 Å². The monoisotopic (exact) mass is 312 g/mol. The lowest BCUT2D eigenvalue weighted by molar-refractivity contribution is 0.0506. The standard InChI is InChI=1S/C17H16N2O2S/c20-17(14-6-2-1-3-7-14)21-12-5-13-22-16-9-4-8-15-18-10-11-19(15)16/h1-4,6-11H,5,12-13H2. The van der Waals surface area contributed by atoms with E-state index in [4.69, 9.17) is 4.74 Å². The summed E-state index contributed by atoms with van der Waals surface area (Å²) in [5, 5.41) is 1.14. The van der Waals surface area contributed by atoms with Gasteiger partial charge in [0.25, 0.3) is 0 Å². The average Bonchev–Trinajstić information content (AvgIpc) is 3.04. The molecule has 0 saturated heterocycles. The summed E-state index contributed by atoms with van der Waals surface area (Å²) in [6.07, 6.45) is 4.56. The average molecular weight is 312 g/mol. The molecule has 0 saturated carbocycles. The van der Waals surface area contributed by atoms with E-state index >= 15 is 0 Å². The molecule has 0 atom stereocenters. The van der Waals surface area contributed by atoms with E-state index in [1.54, 1.807) is 30.1 Å². The molecule has 0 aliphatic carbocycles. The van der Waals surface area contributed by atoms with Gasteiger partial charge in [-0.15, -0.1) is 11.8 Å². The molecule has 0 radical (unpaired) electrons. The molecule has 3 rings (SSSR count). The van der Waals surface area contributed by atoms with Gasteiger partial charge >= 0.3 is 5.97 Å². The molecule has 2 heterocycles. The van der Waals surface area contributed by atoms with Crippen LogP contribution in [-0.4, -0.2) is 27.7 Å². The Hall–Kier alpha value is -2.27. The summed E-state index contributed by atoms with van der Waals surface area (Å²) in [4.78, 5) is 16.0. The van der Waals surface area contributed by atoms with Crippen molar-refractivity contribution in [3.05, 3.63) is 66.5 Å². The highest BCUT2D eigenvalue weighted by atomic mass is 32.2. The van der Waals surface area contributed by atoms with E-state index in [9.17, 15) is 4.79 Å². The predicted molar refractivity (Wildman–Crippen MR) is 87.3 cm³/mol. The Balaban J connectivity index is 1.44. The fourth-order valence-corrected chi connectivity index (χ4v) is 3.04. The molecule has 112 valence electrons. The molecule has 0 unspecified atom stereocenters. The highest BCUT2D eigenvalue weighted by molar-refractivity contribution is 7.99. The molecule has 0 bridgehead atoms. The normalized spacial score (nSPS) is 10.7. The van der Waals surface area contributed by atoms with Crippen LogP contribution in [0.15, 0.2) is 66.0 Å². The number of pyridine rings is 1. The van der Waals surface area contributed by atoms with Crippen molar-refractivity contribution in [2.45, 2.75) is 11.4 Å². The van der Waals surface area contributed by atoms with Gasteiger partial charge in [-0.25, -0.2) is 9.78 Å². The van der Waals surface area contributed by atoms with Gasteiger partial charge in [0.15, 0.2) is 0 Å². The fraction of sp³-hybridized carbons (Fsp3) is 0.176. The minimum atomic E-state index is -0.262. The van der Waals surface area contributed by atoms with Crippen LogP contribution in [0.25, 0.3) is 5.65 Å². The maximum Gasteiger partial charge on any atom is 0.338 e. The lowest BCUT2D eigenvalue weighted by Crippen LogP contribution is -2.06. The molecule has 3 aromatic rings. The van der Waals surface area contributed by atoms with Crippen LogP contribution >= 0.6 is 11.8 Å². The maximum absolute atomic E-state index is 11.8. The molecule has 0 N–H and O–H groups in total. The third-order valence-electron chi connectivity index (χ3n) is 3.17. The molecule has 2 aromatic heterocycles. The molecular weight excluding hydrogens is 296 g/mol. The first-order valence-corrected chi connectivity index (χ1v) is 8.10. The Kier molecular flexibility index (Phi) is 4.75. The molecule has 0 amide bonds. The minimum absolute atomic E-state index is 0.262. The molecule has 5 heteroatoms. The van der Waals surface area contributed by atoms with Gasteiger partial charge in [-0.1, -0.05) is 24.3 Å². The second-order valence-electron chi connectivity index (χ2n) is 4.72. The van der Waals surface area contributed by atoms with Crippen molar-refractivity contribution >= 4 is 23.4 Å². The van der Waals surface area contributed by atoms with Gasteiger partial charge in [0, 0.05) is 18.1 Å². The first-order valence-electron chi connectivity index (χ1n) is 7.11. The number of nitrogens with zero attached hydrogens (tertiary/aromatic N) is 2. The van der Waals surface area contributed by atoms with Crippen LogP contribution < -0.4 is 0 Å². The number of carbonyl (C=O) groups excluding carboxylic acids is 1. The number of aromatic nitrogens is 2. The third kappa shape index (κ3) is 3.49. The van der Waals surface area contributed by atoms with Crippen molar-refractivity contribution in [2.24, 2.45) is 0 Å². The SMILES string of the molecule is O=C(OCCCSc1cccc2nccn12)c1ccccc1. The number of imidazole rings is 1. The first-order chi connectivity index (χ1) is 10.8. The molecule has 22 heavy (non-hydrogen) atoms. The summed E-state index contributed by atoms with van der Waals surface area (Å²) in [6, 6.07) is 15.1. The zero-order chi connectivity index (χ0) is 15.2. The summed E-state index contributed by atoms with van der Waals surface area (Å²) in [6.45, 7) is 0.431. The van der Waals surface area contributed by atoms with Gasteiger partial charge in [-0.3, -0.25) is 4.40 Å².